The Morgan fingerprint density at radius 1 is 1.23 bits per heavy atom. The number of anilines is 1. The number of halogens is 1. The number of hydrogen-bond donors (Lipinski definition) is 0. The number of ether oxygens (including phenoxy) is 2. The summed E-state index contributed by atoms with van der Waals surface area (Å²) in [4.78, 5) is 26.9. The van der Waals surface area contributed by atoms with Gasteiger partial charge in [-0.2, -0.15) is 0 Å². The van der Waals surface area contributed by atoms with Crippen LogP contribution < -0.4 is 9.64 Å². The molecule has 1 saturated carbocycles. The van der Waals surface area contributed by atoms with Gasteiger partial charge in [0.05, 0.1) is 17.9 Å². The van der Waals surface area contributed by atoms with Crippen molar-refractivity contribution in [3.8, 4) is 5.75 Å². The molecule has 1 heterocycles. The number of esters is 1. The third kappa shape index (κ3) is 6.00. The highest BCUT2D eigenvalue weighted by atomic mass is 35.5. The SMILES string of the molecule is CC(C)COC(=O)c1ccc2c(c1)N(C[C@H]1CC[C@]1(C)C=O)CCCCc1cc(Cl)ccc1CO2. The van der Waals surface area contributed by atoms with Crippen LogP contribution in [0, 0.1) is 17.3 Å². The molecular weight excluding hydrogens is 462 g/mol. The molecule has 0 radical (unpaired) electrons. The van der Waals surface area contributed by atoms with Crippen LogP contribution in [0.4, 0.5) is 5.69 Å². The normalized spacial score (nSPS) is 22.2. The fourth-order valence-corrected chi connectivity index (χ4v) is 5.11. The molecule has 0 unspecified atom stereocenters. The van der Waals surface area contributed by atoms with Crippen LogP contribution in [0.15, 0.2) is 36.4 Å². The van der Waals surface area contributed by atoms with Crippen molar-refractivity contribution in [2.75, 3.05) is 24.6 Å². The second-order valence-electron chi connectivity index (χ2n) is 10.6. The summed E-state index contributed by atoms with van der Waals surface area (Å²) in [7, 11) is 0. The zero-order chi connectivity index (χ0) is 25.0. The monoisotopic (exact) mass is 497 g/mol. The lowest BCUT2D eigenvalue weighted by Gasteiger charge is -2.46. The van der Waals surface area contributed by atoms with E-state index in [-0.39, 0.29) is 23.2 Å². The van der Waals surface area contributed by atoms with E-state index in [0.29, 0.717) is 18.8 Å². The molecule has 0 N–H and O–H groups in total. The van der Waals surface area contributed by atoms with Gasteiger partial charge in [0.2, 0.25) is 0 Å². The zero-order valence-electron chi connectivity index (χ0n) is 21.0. The first-order valence-corrected chi connectivity index (χ1v) is 13.1. The van der Waals surface area contributed by atoms with Crippen molar-refractivity contribution >= 4 is 29.5 Å². The molecule has 188 valence electrons. The Balaban J connectivity index is 1.66. The van der Waals surface area contributed by atoms with Gasteiger partial charge >= 0.3 is 5.97 Å². The highest BCUT2D eigenvalue weighted by molar-refractivity contribution is 6.30. The Morgan fingerprint density at radius 2 is 2.06 bits per heavy atom. The largest absolute Gasteiger partial charge is 0.487 e. The summed E-state index contributed by atoms with van der Waals surface area (Å²) >= 11 is 6.27. The van der Waals surface area contributed by atoms with Crippen molar-refractivity contribution in [3.63, 3.8) is 0 Å². The molecule has 0 saturated heterocycles. The number of benzene rings is 2. The average Bonchev–Trinajstić information content (AvgIpc) is 2.87. The lowest BCUT2D eigenvalue weighted by Crippen LogP contribution is -2.46. The van der Waals surface area contributed by atoms with E-state index in [1.165, 1.54) is 5.56 Å². The van der Waals surface area contributed by atoms with Gasteiger partial charge in [-0.25, -0.2) is 4.79 Å². The number of rotatable bonds is 6. The van der Waals surface area contributed by atoms with Gasteiger partial charge < -0.3 is 19.2 Å². The van der Waals surface area contributed by atoms with Crippen LogP contribution in [0.25, 0.3) is 0 Å². The summed E-state index contributed by atoms with van der Waals surface area (Å²) in [6, 6.07) is 11.5. The van der Waals surface area contributed by atoms with Crippen molar-refractivity contribution in [2.24, 2.45) is 17.3 Å². The van der Waals surface area contributed by atoms with Crippen molar-refractivity contribution in [1.29, 1.82) is 0 Å². The van der Waals surface area contributed by atoms with E-state index < -0.39 is 0 Å². The molecule has 0 bridgehead atoms. The molecule has 2 aliphatic rings. The van der Waals surface area contributed by atoms with Crippen LogP contribution >= 0.6 is 11.6 Å². The molecule has 2 aromatic rings. The number of carbonyl (C=O) groups excluding carboxylic acids is 2. The van der Waals surface area contributed by atoms with Gasteiger partial charge in [0, 0.05) is 23.5 Å². The summed E-state index contributed by atoms with van der Waals surface area (Å²) in [6.45, 7) is 8.49. The van der Waals surface area contributed by atoms with E-state index in [1.54, 1.807) is 6.07 Å². The minimum absolute atomic E-state index is 0.271. The van der Waals surface area contributed by atoms with Crippen molar-refractivity contribution in [1.82, 2.24) is 0 Å². The van der Waals surface area contributed by atoms with Gasteiger partial charge in [0.25, 0.3) is 0 Å². The second-order valence-corrected chi connectivity index (χ2v) is 11.1. The number of hydrogen-bond acceptors (Lipinski definition) is 5. The number of nitrogens with zero attached hydrogens (tertiary/aromatic N) is 1. The third-order valence-electron chi connectivity index (χ3n) is 7.43. The maximum Gasteiger partial charge on any atom is 0.338 e. The Morgan fingerprint density at radius 3 is 2.77 bits per heavy atom. The van der Waals surface area contributed by atoms with E-state index in [0.717, 1.165) is 73.5 Å². The van der Waals surface area contributed by atoms with Gasteiger partial charge in [0.15, 0.2) is 0 Å². The van der Waals surface area contributed by atoms with Crippen molar-refractivity contribution < 1.29 is 19.1 Å². The highest BCUT2D eigenvalue weighted by Crippen LogP contribution is 2.46. The van der Waals surface area contributed by atoms with Crippen molar-refractivity contribution in [2.45, 2.75) is 59.5 Å². The Kier molecular flexibility index (Phi) is 8.05. The summed E-state index contributed by atoms with van der Waals surface area (Å²) in [5.74, 6) is 0.968. The van der Waals surface area contributed by atoms with E-state index in [9.17, 15) is 9.59 Å². The highest BCUT2D eigenvalue weighted by Gasteiger charge is 2.43. The molecule has 6 heteroatoms. The molecule has 4 rings (SSSR count). The van der Waals surface area contributed by atoms with Crippen LogP contribution in [0.3, 0.4) is 0 Å². The van der Waals surface area contributed by atoms with Crippen LogP contribution in [0.1, 0.15) is 67.9 Å². The van der Waals surface area contributed by atoms with Crippen LogP contribution in [-0.2, 0) is 22.6 Å². The van der Waals surface area contributed by atoms with E-state index in [1.807, 2.05) is 44.2 Å². The summed E-state index contributed by atoms with van der Waals surface area (Å²) in [5, 5.41) is 0.739. The molecular formula is C29H36ClNO4. The average molecular weight is 498 g/mol. The maximum absolute atomic E-state index is 12.8. The van der Waals surface area contributed by atoms with Crippen LogP contribution in [0.5, 0.6) is 5.75 Å². The quantitative estimate of drug-likeness (QED) is 0.337. The van der Waals surface area contributed by atoms with Crippen LogP contribution in [-0.4, -0.2) is 32.0 Å². The number of fused-ring (bicyclic) bond motifs is 2. The first-order chi connectivity index (χ1) is 16.8. The van der Waals surface area contributed by atoms with Gasteiger partial charge in [-0.3, -0.25) is 0 Å². The lowest BCUT2D eigenvalue weighted by molar-refractivity contribution is -0.123. The molecule has 0 amide bonds. The fourth-order valence-electron chi connectivity index (χ4n) is 4.92. The molecule has 0 aromatic heterocycles. The molecule has 1 fully saturated rings. The first-order valence-electron chi connectivity index (χ1n) is 12.7. The Hall–Kier alpha value is -2.53. The summed E-state index contributed by atoms with van der Waals surface area (Å²) in [5.41, 5.74) is 3.47. The molecule has 5 nitrogen and oxygen atoms in total. The van der Waals surface area contributed by atoms with Crippen molar-refractivity contribution in [3.05, 3.63) is 58.1 Å². The van der Waals surface area contributed by atoms with Gasteiger partial charge in [0.1, 0.15) is 18.6 Å². The van der Waals surface area contributed by atoms with E-state index in [2.05, 4.69) is 11.8 Å². The molecule has 1 aliphatic carbocycles. The van der Waals surface area contributed by atoms with Crippen LogP contribution in [0.2, 0.25) is 5.02 Å². The first kappa shape index (κ1) is 25.6. The minimum atomic E-state index is -0.322. The predicted octanol–water partition coefficient (Wildman–Crippen LogP) is 6.49. The maximum atomic E-state index is 12.8. The summed E-state index contributed by atoms with van der Waals surface area (Å²) < 4.78 is 11.9. The molecule has 0 spiro atoms. The number of aldehydes is 1. The van der Waals surface area contributed by atoms with Gasteiger partial charge in [-0.1, -0.05) is 38.4 Å². The molecule has 1 aliphatic heterocycles. The zero-order valence-corrected chi connectivity index (χ0v) is 21.8. The fraction of sp³-hybridized carbons (Fsp3) is 0.517. The number of aryl methyl sites for hydroxylation is 1. The molecule has 2 atom stereocenters. The minimum Gasteiger partial charge on any atom is -0.487 e. The van der Waals surface area contributed by atoms with E-state index in [4.69, 9.17) is 21.1 Å². The van der Waals surface area contributed by atoms with Gasteiger partial charge in [-0.05, 0) is 85.4 Å². The third-order valence-corrected chi connectivity index (χ3v) is 7.67. The predicted molar refractivity (Wildman–Crippen MR) is 139 cm³/mol. The summed E-state index contributed by atoms with van der Waals surface area (Å²) in [6.07, 6.45) is 6.01. The standard InChI is InChI=1S/C29H36ClNO4/c1-20(2)17-35-28(33)22-8-10-27-26(15-22)31(16-24-11-12-29(24,3)19-32)13-5-4-6-21-14-25(30)9-7-23(21)18-34-27/h7-10,14-15,19-20,24H,4-6,11-13,16-18H2,1-3H3/t24-,29-/m1/s1. The smallest absolute Gasteiger partial charge is 0.338 e. The molecule has 2 aromatic carbocycles. The Bertz CT molecular complexity index is 1070. The van der Waals surface area contributed by atoms with E-state index >= 15 is 0 Å². The Labute approximate surface area is 213 Å². The topological polar surface area (TPSA) is 55.8 Å². The van der Waals surface area contributed by atoms with Gasteiger partial charge in [-0.15, -0.1) is 0 Å². The molecule has 35 heavy (non-hydrogen) atoms. The number of carbonyl (C=O) groups is 2. The lowest BCUT2D eigenvalue weighted by atomic mass is 9.62. The second kappa shape index (κ2) is 11.0.